The molecule has 2 aromatic rings. The maximum atomic E-state index is 5.83. The van der Waals surface area contributed by atoms with E-state index in [-0.39, 0.29) is 0 Å². The Morgan fingerprint density at radius 3 is 2.82 bits per heavy atom. The quantitative estimate of drug-likeness (QED) is 0.882. The predicted octanol–water partition coefficient (Wildman–Crippen LogP) is 2.62. The molecule has 0 bridgehead atoms. The second-order valence-corrected chi connectivity index (χ2v) is 4.04. The second-order valence-electron chi connectivity index (χ2n) is 3.18. The smallest absolute Gasteiger partial charge is 0.236 e. The van der Waals surface area contributed by atoms with Crippen LogP contribution in [0.1, 0.15) is 0 Å². The monoisotopic (exact) mass is 295 g/mol. The summed E-state index contributed by atoms with van der Waals surface area (Å²) < 4.78 is 11.3. The van der Waals surface area contributed by atoms with E-state index in [1.807, 2.05) is 0 Å². The second kappa shape index (κ2) is 5.01. The largest absolute Gasteiger partial charge is 0.497 e. The van der Waals surface area contributed by atoms with Crippen LogP contribution >= 0.6 is 15.9 Å². The lowest BCUT2D eigenvalue weighted by Crippen LogP contribution is -1.95. The zero-order chi connectivity index (χ0) is 12.3. The molecule has 1 heterocycles. The minimum atomic E-state index is 0.414. The van der Waals surface area contributed by atoms with E-state index in [0.717, 1.165) is 0 Å². The van der Waals surface area contributed by atoms with E-state index < -0.39 is 0 Å². The molecule has 0 amide bonds. The number of rotatable bonds is 3. The van der Waals surface area contributed by atoms with Crippen molar-refractivity contribution in [2.75, 3.05) is 12.8 Å². The highest BCUT2D eigenvalue weighted by Crippen LogP contribution is 2.32. The molecule has 5 nitrogen and oxygen atoms in total. The molecular weight excluding hydrogens is 286 g/mol. The summed E-state index contributed by atoms with van der Waals surface area (Å²) >= 11 is 3.29. The fraction of sp³-hybridized carbons (Fsp3) is 0.0909. The Balaban J connectivity index is 2.28. The summed E-state index contributed by atoms with van der Waals surface area (Å²) in [6, 6.07) is 5.17. The van der Waals surface area contributed by atoms with E-state index in [2.05, 4.69) is 25.9 Å². The van der Waals surface area contributed by atoms with Crippen LogP contribution in [0.25, 0.3) is 0 Å². The summed E-state index contributed by atoms with van der Waals surface area (Å²) in [5.41, 5.74) is 6.31. The molecule has 0 saturated heterocycles. The first-order valence-electron chi connectivity index (χ1n) is 4.77. The van der Waals surface area contributed by atoms with Gasteiger partial charge in [0.05, 0.1) is 17.3 Å². The van der Waals surface area contributed by atoms with Crippen LogP contribution < -0.4 is 15.2 Å². The van der Waals surface area contributed by atoms with Crippen LogP contribution in [0.15, 0.2) is 35.2 Å². The highest BCUT2D eigenvalue weighted by Gasteiger charge is 2.07. The first-order chi connectivity index (χ1) is 8.20. The van der Waals surface area contributed by atoms with Crippen molar-refractivity contribution in [3.8, 4) is 17.4 Å². The summed E-state index contributed by atoms with van der Waals surface area (Å²) in [6.45, 7) is 0. The van der Waals surface area contributed by atoms with Crippen molar-refractivity contribution >= 4 is 21.6 Å². The molecule has 0 aliphatic heterocycles. The van der Waals surface area contributed by atoms with Gasteiger partial charge in [-0.25, -0.2) is 9.97 Å². The standard InChI is InChI=1S/C11H10BrN3O2/c1-16-7-2-3-10(9(13)4-7)17-11-8(12)5-14-6-15-11/h2-6H,13H2,1H3. The number of halogens is 1. The molecule has 0 radical (unpaired) electrons. The summed E-state index contributed by atoms with van der Waals surface area (Å²) in [5, 5.41) is 0. The van der Waals surface area contributed by atoms with Crippen LogP contribution in [0.3, 0.4) is 0 Å². The minimum Gasteiger partial charge on any atom is -0.497 e. The van der Waals surface area contributed by atoms with Crippen molar-refractivity contribution in [2.45, 2.75) is 0 Å². The van der Waals surface area contributed by atoms with E-state index >= 15 is 0 Å². The normalized spacial score (nSPS) is 10.0. The van der Waals surface area contributed by atoms with Crippen molar-refractivity contribution in [1.82, 2.24) is 9.97 Å². The molecule has 6 heteroatoms. The Morgan fingerprint density at radius 2 is 2.18 bits per heavy atom. The van der Waals surface area contributed by atoms with Gasteiger partial charge >= 0.3 is 0 Å². The zero-order valence-corrected chi connectivity index (χ0v) is 10.6. The van der Waals surface area contributed by atoms with Crippen molar-refractivity contribution in [1.29, 1.82) is 0 Å². The molecule has 1 aromatic heterocycles. The molecule has 0 aliphatic rings. The average Bonchev–Trinajstić information content (AvgIpc) is 2.34. The van der Waals surface area contributed by atoms with Crippen LogP contribution in [-0.2, 0) is 0 Å². The van der Waals surface area contributed by atoms with Gasteiger partial charge in [-0.15, -0.1) is 0 Å². The van der Waals surface area contributed by atoms with Gasteiger partial charge in [-0.3, -0.25) is 0 Å². The first kappa shape index (κ1) is 11.7. The van der Waals surface area contributed by atoms with E-state index in [1.54, 1.807) is 31.5 Å². The molecule has 0 saturated carbocycles. The number of methoxy groups -OCH3 is 1. The third kappa shape index (κ3) is 2.65. The lowest BCUT2D eigenvalue weighted by molar-refractivity contribution is 0.412. The summed E-state index contributed by atoms with van der Waals surface area (Å²) in [4.78, 5) is 7.84. The van der Waals surface area contributed by atoms with Gasteiger partial charge in [0.15, 0.2) is 5.75 Å². The zero-order valence-electron chi connectivity index (χ0n) is 9.05. The molecule has 0 spiro atoms. The maximum absolute atomic E-state index is 5.83. The Kier molecular flexibility index (Phi) is 3.43. The number of anilines is 1. The number of hydrogen-bond acceptors (Lipinski definition) is 5. The van der Waals surface area contributed by atoms with Crippen molar-refractivity contribution < 1.29 is 9.47 Å². The number of nitrogens with two attached hydrogens (primary N) is 1. The molecule has 2 rings (SSSR count). The number of hydrogen-bond donors (Lipinski definition) is 1. The van der Waals surface area contributed by atoms with E-state index in [4.69, 9.17) is 15.2 Å². The Labute approximate surface area is 107 Å². The molecule has 0 aliphatic carbocycles. The molecule has 1 aromatic carbocycles. The highest BCUT2D eigenvalue weighted by atomic mass is 79.9. The van der Waals surface area contributed by atoms with Crippen molar-refractivity contribution in [3.63, 3.8) is 0 Å². The summed E-state index contributed by atoms with van der Waals surface area (Å²) in [7, 11) is 1.58. The third-order valence-corrected chi connectivity index (χ3v) is 2.60. The van der Waals surface area contributed by atoms with Gasteiger partial charge in [-0.1, -0.05) is 0 Å². The number of ether oxygens (including phenoxy) is 2. The van der Waals surface area contributed by atoms with Gasteiger partial charge in [0.25, 0.3) is 0 Å². The van der Waals surface area contributed by atoms with Crippen LogP contribution in [-0.4, -0.2) is 17.1 Å². The first-order valence-corrected chi connectivity index (χ1v) is 5.57. The van der Waals surface area contributed by atoms with Crippen molar-refractivity contribution in [3.05, 3.63) is 35.2 Å². The molecule has 0 unspecified atom stereocenters. The molecule has 0 fully saturated rings. The third-order valence-electron chi connectivity index (χ3n) is 2.06. The maximum Gasteiger partial charge on any atom is 0.236 e. The molecule has 88 valence electrons. The van der Waals surface area contributed by atoms with Gasteiger partial charge in [0.1, 0.15) is 12.1 Å². The van der Waals surface area contributed by atoms with Gasteiger partial charge in [-0.2, -0.15) is 0 Å². The van der Waals surface area contributed by atoms with Crippen LogP contribution in [0, 0.1) is 0 Å². The number of nitrogens with zero attached hydrogens (tertiary/aromatic N) is 2. The lowest BCUT2D eigenvalue weighted by atomic mass is 10.3. The van der Waals surface area contributed by atoms with Gasteiger partial charge < -0.3 is 15.2 Å². The van der Waals surface area contributed by atoms with Gasteiger partial charge in [-0.05, 0) is 28.1 Å². The number of benzene rings is 1. The fourth-order valence-electron chi connectivity index (χ4n) is 1.23. The Bertz CT molecular complexity index is 534. The Hall–Kier alpha value is -1.82. The average molecular weight is 296 g/mol. The van der Waals surface area contributed by atoms with Gasteiger partial charge in [0.2, 0.25) is 5.88 Å². The number of nitrogen functional groups attached to an aromatic ring is 1. The summed E-state index contributed by atoms with van der Waals surface area (Å²) in [6.07, 6.45) is 3.00. The highest BCUT2D eigenvalue weighted by molar-refractivity contribution is 9.10. The fourth-order valence-corrected chi connectivity index (χ4v) is 1.53. The predicted molar refractivity (Wildman–Crippen MR) is 67.2 cm³/mol. The topological polar surface area (TPSA) is 70.3 Å². The van der Waals surface area contributed by atoms with Crippen LogP contribution in [0.2, 0.25) is 0 Å². The van der Waals surface area contributed by atoms with E-state index in [0.29, 0.717) is 27.5 Å². The SMILES string of the molecule is COc1ccc(Oc2ncncc2Br)c(N)c1. The van der Waals surface area contributed by atoms with Gasteiger partial charge in [0, 0.05) is 12.3 Å². The van der Waals surface area contributed by atoms with Crippen LogP contribution in [0.4, 0.5) is 5.69 Å². The molecule has 0 atom stereocenters. The van der Waals surface area contributed by atoms with E-state index in [9.17, 15) is 0 Å². The van der Waals surface area contributed by atoms with E-state index in [1.165, 1.54) is 6.33 Å². The van der Waals surface area contributed by atoms with Crippen LogP contribution in [0.5, 0.6) is 17.4 Å². The molecule has 17 heavy (non-hydrogen) atoms. The lowest BCUT2D eigenvalue weighted by Gasteiger charge is -2.09. The Morgan fingerprint density at radius 1 is 1.35 bits per heavy atom. The van der Waals surface area contributed by atoms with Crippen molar-refractivity contribution in [2.24, 2.45) is 0 Å². The number of aromatic nitrogens is 2. The molecular formula is C11H10BrN3O2. The molecule has 2 N–H and O–H groups in total. The summed E-state index contributed by atoms with van der Waals surface area (Å²) in [5.74, 6) is 1.61. The minimum absolute atomic E-state index is 0.414.